The van der Waals surface area contributed by atoms with Gasteiger partial charge in [-0.2, -0.15) is 0 Å². The smallest absolute Gasteiger partial charge is 0.421 e. The highest BCUT2D eigenvalue weighted by Crippen LogP contribution is 2.45. The second kappa shape index (κ2) is 11.1. The zero-order chi connectivity index (χ0) is 31.5. The largest absolute Gasteiger partial charge is 0.442 e. The standard InChI is InChI=1S/C34H40N6O6/c1-21-9-11-27-25(17-21)39(23-5-3-6-23)19-33(43-27,31-35-13-14-36-31)45-29(41)30(42)46-34(32-37-15-16-38-32)20-40(24-7-4-8-24)26-18-22(2)10-12-28(26)44-34/h9-12,17-18,23-24H,3-8,13-16,19-20H2,1-2H3,(H,35,36)(H,37,38). The lowest BCUT2D eigenvalue weighted by Crippen LogP contribution is -2.66. The molecule has 0 radical (unpaired) electrons. The molecule has 12 nitrogen and oxygen atoms in total. The predicted molar refractivity (Wildman–Crippen MR) is 172 cm³/mol. The molecule has 6 aliphatic rings. The number of aliphatic imine (C=N–C) groups is 2. The topological polar surface area (TPSA) is 126 Å². The fourth-order valence-corrected chi connectivity index (χ4v) is 7.10. The van der Waals surface area contributed by atoms with Crippen molar-refractivity contribution in [3.63, 3.8) is 0 Å². The summed E-state index contributed by atoms with van der Waals surface area (Å²) in [5.41, 5.74) is 4.10. The number of benzene rings is 2. The van der Waals surface area contributed by atoms with E-state index in [1.807, 2.05) is 38.1 Å². The fourth-order valence-electron chi connectivity index (χ4n) is 7.10. The Morgan fingerprint density at radius 2 is 1.17 bits per heavy atom. The van der Waals surface area contributed by atoms with Crippen LogP contribution in [0.15, 0.2) is 46.4 Å². The van der Waals surface area contributed by atoms with Crippen LogP contribution in [0, 0.1) is 13.8 Å². The molecule has 2 unspecified atom stereocenters. The molecule has 0 bridgehead atoms. The Morgan fingerprint density at radius 3 is 1.52 bits per heavy atom. The van der Waals surface area contributed by atoms with Gasteiger partial charge >= 0.3 is 23.5 Å². The number of hydrogen-bond acceptors (Lipinski definition) is 12. The number of fused-ring (bicyclic) bond motifs is 2. The molecule has 0 aromatic heterocycles. The number of hydrogen-bond donors (Lipinski definition) is 2. The van der Waals surface area contributed by atoms with Crippen LogP contribution in [0.2, 0.25) is 0 Å². The molecule has 8 rings (SSSR count). The Kier molecular flexibility index (Phi) is 6.99. The van der Waals surface area contributed by atoms with Crippen molar-refractivity contribution in [1.29, 1.82) is 0 Å². The van der Waals surface area contributed by atoms with Gasteiger partial charge in [-0.15, -0.1) is 0 Å². The first-order valence-corrected chi connectivity index (χ1v) is 16.5. The highest BCUT2D eigenvalue weighted by molar-refractivity contribution is 6.30. The minimum atomic E-state index is -1.66. The molecule has 2 fully saturated rings. The summed E-state index contributed by atoms with van der Waals surface area (Å²) in [7, 11) is 0. The third-order valence-corrected chi connectivity index (χ3v) is 9.94. The van der Waals surface area contributed by atoms with E-state index in [0.29, 0.717) is 49.3 Å². The van der Waals surface area contributed by atoms with Gasteiger partial charge in [-0.05, 0) is 87.8 Å². The molecule has 0 spiro atoms. The lowest BCUT2D eigenvalue weighted by Gasteiger charge is -2.49. The van der Waals surface area contributed by atoms with Crippen molar-refractivity contribution in [2.24, 2.45) is 9.98 Å². The lowest BCUT2D eigenvalue weighted by atomic mass is 9.89. The number of esters is 2. The van der Waals surface area contributed by atoms with Crippen LogP contribution in [0.5, 0.6) is 11.5 Å². The first-order chi connectivity index (χ1) is 22.3. The SMILES string of the molecule is Cc1ccc2c(c1)N(C1CCC1)CC(OC(=O)C(=O)OC1(C3=NCCN3)CN(C3CCC3)c3cc(C)ccc3O1)(C1=NCCN1)O2. The van der Waals surface area contributed by atoms with Crippen molar-refractivity contribution < 1.29 is 28.5 Å². The maximum Gasteiger partial charge on any atom is 0.421 e. The quantitative estimate of drug-likeness (QED) is 0.364. The van der Waals surface area contributed by atoms with Crippen molar-refractivity contribution in [2.75, 3.05) is 49.1 Å². The van der Waals surface area contributed by atoms with Gasteiger partial charge in [0.05, 0.1) is 24.5 Å². The molecule has 2 saturated carbocycles. The van der Waals surface area contributed by atoms with E-state index in [0.717, 1.165) is 61.0 Å². The van der Waals surface area contributed by atoms with Crippen molar-refractivity contribution >= 4 is 35.0 Å². The van der Waals surface area contributed by atoms with Crippen molar-refractivity contribution in [2.45, 2.75) is 76.0 Å². The summed E-state index contributed by atoms with van der Waals surface area (Å²) in [6, 6.07) is 12.4. The Bertz CT molecular complexity index is 1520. The van der Waals surface area contributed by atoms with Gasteiger partial charge in [0.2, 0.25) is 0 Å². The number of carbonyl (C=O) groups is 2. The van der Waals surface area contributed by atoms with Gasteiger partial charge in [-0.1, -0.05) is 12.1 Å². The molecule has 2 N–H and O–H groups in total. The number of ether oxygens (including phenoxy) is 4. The molecule has 2 aromatic rings. The normalized spacial score (nSPS) is 26.9. The van der Waals surface area contributed by atoms with E-state index < -0.39 is 23.5 Å². The molecule has 2 aromatic carbocycles. The average Bonchev–Trinajstić information content (AvgIpc) is 3.72. The van der Waals surface area contributed by atoms with Crippen LogP contribution in [-0.2, 0) is 19.1 Å². The molecule has 0 amide bonds. The van der Waals surface area contributed by atoms with E-state index >= 15 is 0 Å². The minimum absolute atomic E-state index is 0.192. The van der Waals surface area contributed by atoms with Crippen molar-refractivity contribution in [1.82, 2.24) is 10.6 Å². The molecule has 12 heteroatoms. The number of nitrogens with zero attached hydrogens (tertiary/aromatic N) is 4. The molecule has 242 valence electrons. The third-order valence-electron chi connectivity index (χ3n) is 9.94. The van der Waals surface area contributed by atoms with Crippen LogP contribution < -0.4 is 29.9 Å². The van der Waals surface area contributed by atoms with Gasteiger partial charge in [0.1, 0.15) is 24.6 Å². The summed E-state index contributed by atoms with van der Waals surface area (Å²) >= 11 is 0. The Morgan fingerprint density at radius 1 is 0.739 bits per heavy atom. The van der Waals surface area contributed by atoms with Gasteiger partial charge in [0.15, 0.2) is 11.7 Å². The van der Waals surface area contributed by atoms with Crippen LogP contribution in [0.4, 0.5) is 11.4 Å². The molecule has 4 heterocycles. The van der Waals surface area contributed by atoms with Crippen LogP contribution in [0.1, 0.15) is 49.7 Å². The van der Waals surface area contributed by atoms with Crippen molar-refractivity contribution in [3.05, 3.63) is 47.5 Å². The van der Waals surface area contributed by atoms with Gasteiger partial charge in [0, 0.05) is 25.2 Å². The number of carbonyl (C=O) groups excluding carboxylic acids is 2. The summed E-state index contributed by atoms with van der Waals surface area (Å²) in [5, 5.41) is 6.48. The summed E-state index contributed by atoms with van der Waals surface area (Å²) in [5.74, 6) is -3.78. The summed E-state index contributed by atoms with van der Waals surface area (Å²) in [6.07, 6.45) is 6.34. The monoisotopic (exact) mass is 628 g/mol. The van der Waals surface area contributed by atoms with E-state index in [-0.39, 0.29) is 25.2 Å². The second-order valence-electron chi connectivity index (χ2n) is 13.2. The van der Waals surface area contributed by atoms with E-state index in [2.05, 4.69) is 42.6 Å². The lowest BCUT2D eigenvalue weighted by molar-refractivity contribution is -0.203. The van der Waals surface area contributed by atoms with Gasteiger partial charge in [0.25, 0.3) is 0 Å². The van der Waals surface area contributed by atoms with Crippen LogP contribution in [-0.4, -0.2) is 86.5 Å². The zero-order valence-corrected chi connectivity index (χ0v) is 26.3. The van der Waals surface area contributed by atoms with Gasteiger partial charge in [-0.25, -0.2) is 9.59 Å². The number of rotatable bonds is 6. The highest BCUT2D eigenvalue weighted by Gasteiger charge is 2.55. The maximum absolute atomic E-state index is 13.9. The number of amidine groups is 2. The highest BCUT2D eigenvalue weighted by atomic mass is 16.8. The predicted octanol–water partition coefficient (Wildman–Crippen LogP) is 2.99. The molecule has 46 heavy (non-hydrogen) atoms. The van der Waals surface area contributed by atoms with E-state index in [4.69, 9.17) is 18.9 Å². The zero-order valence-electron chi connectivity index (χ0n) is 26.3. The molecule has 2 atom stereocenters. The van der Waals surface area contributed by atoms with Crippen molar-refractivity contribution in [3.8, 4) is 11.5 Å². The maximum atomic E-state index is 13.9. The van der Waals surface area contributed by atoms with Crippen LogP contribution >= 0.6 is 0 Å². The molecule has 2 aliphatic carbocycles. The van der Waals surface area contributed by atoms with E-state index in [1.54, 1.807) is 0 Å². The number of aryl methyl sites for hydroxylation is 2. The Balaban J connectivity index is 1.11. The summed E-state index contributed by atoms with van der Waals surface area (Å²) in [6.45, 7) is 6.62. The van der Waals surface area contributed by atoms with Crippen LogP contribution in [0.25, 0.3) is 0 Å². The first kappa shape index (κ1) is 29.0. The fraction of sp³-hybridized carbons (Fsp3) is 0.529. The Labute approximate surface area is 268 Å². The summed E-state index contributed by atoms with van der Waals surface area (Å²) < 4.78 is 25.2. The molecular weight excluding hydrogens is 588 g/mol. The minimum Gasteiger partial charge on any atom is -0.442 e. The van der Waals surface area contributed by atoms with Gasteiger partial charge < -0.3 is 39.4 Å². The second-order valence-corrected chi connectivity index (χ2v) is 13.2. The Hall–Kier alpha value is -4.48. The first-order valence-electron chi connectivity index (χ1n) is 16.5. The third kappa shape index (κ3) is 4.89. The average molecular weight is 629 g/mol. The molecule has 4 aliphatic heterocycles. The number of nitrogens with one attached hydrogen (secondary N) is 2. The van der Waals surface area contributed by atoms with E-state index in [9.17, 15) is 9.59 Å². The van der Waals surface area contributed by atoms with Crippen LogP contribution in [0.3, 0.4) is 0 Å². The van der Waals surface area contributed by atoms with Gasteiger partial charge in [-0.3, -0.25) is 9.98 Å². The summed E-state index contributed by atoms with van der Waals surface area (Å²) in [4.78, 5) is 41.5. The molecular formula is C34H40N6O6. The molecule has 0 saturated heterocycles. The van der Waals surface area contributed by atoms with E-state index in [1.165, 1.54) is 0 Å². The number of anilines is 2.